The lowest BCUT2D eigenvalue weighted by Gasteiger charge is -2.30. The van der Waals surface area contributed by atoms with Crippen molar-refractivity contribution >= 4 is 5.78 Å². The molecule has 1 aromatic carbocycles. The molecule has 138 valence electrons. The summed E-state index contributed by atoms with van der Waals surface area (Å²) in [5, 5.41) is 0. The molecule has 0 amide bonds. The van der Waals surface area contributed by atoms with Crippen molar-refractivity contribution in [3.63, 3.8) is 0 Å². The molecule has 2 unspecified atom stereocenters. The Kier molecular flexibility index (Phi) is 7.10. The molecule has 0 aromatic heterocycles. The van der Waals surface area contributed by atoms with Crippen molar-refractivity contribution in [2.24, 2.45) is 5.92 Å². The molecule has 25 heavy (non-hydrogen) atoms. The fraction of sp³-hybridized carbons (Fsp3) is 0.591. The van der Waals surface area contributed by atoms with E-state index in [4.69, 9.17) is 9.47 Å². The number of ether oxygens (including phenoxy) is 2. The van der Waals surface area contributed by atoms with Crippen LogP contribution in [-0.4, -0.2) is 20.0 Å². The van der Waals surface area contributed by atoms with Crippen molar-refractivity contribution in [2.45, 2.75) is 65.2 Å². The number of ketones is 1. The van der Waals surface area contributed by atoms with Gasteiger partial charge in [0.1, 0.15) is 17.3 Å². The number of Topliss-reactive ketones (excluding diaryl/α,β-unsaturated/α-hetero) is 1. The maximum absolute atomic E-state index is 12.2. The van der Waals surface area contributed by atoms with E-state index in [1.807, 2.05) is 0 Å². The molecule has 0 N–H and O–H groups in total. The summed E-state index contributed by atoms with van der Waals surface area (Å²) < 4.78 is 11.5. The number of carbonyl (C=O) groups is 1. The number of hydrogen-bond donors (Lipinski definition) is 0. The van der Waals surface area contributed by atoms with Crippen molar-refractivity contribution < 1.29 is 14.3 Å². The molecule has 0 spiro atoms. The Bertz CT molecular complexity index is 605. The smallest absolute Gasteiger partial charge is 0.133 e. The molecule has 0 aliphatic heterocycles. The number of methoxy groups -OCH3 is 2. The highest BCUT2D eigenvalue weighted by molar-refractivity contribution is 5.80. The second kappa shape index (κ2) is 9.07. The predicted molar refractivity (Wildman–Crippen MR) is 103 cm³/mol. The van der Waals surface area contributed by atoms with Crippen LogP contribution >= 0.6 is 0 Å². The van der Waals surface area contributed by atoms with Gasteiger partial charge < -0.3 is 9.47 Å². The van der Waals surface area contributed by atoms with Gasteiger partial charge in [-0.2, -0.15) is 0 Å². The maximum atomic E-state index is 12.2. The summed E-state index contributed by atoms with van der Waals surface area (Å²) in [5.74, 6) is 1.95. The lowest BCUT2D eigenvalue weighted by Crippen LogP contribution is -2.23. The maximum Gasteiger partial charge on any atom is 0.133 e. The first-order chi connectivity index (χ1) is 12.0. The van der Waals surface area contributed by atoms with E-state index in [2.05, 4.69) is 32.1 Å². The lowest BCUT2D eigenvalue weighted by molar-refractivity contribution is -0.121. The van der Waals surface area contributed by atoms with Gasteiger partial charge in [-0.3, -0.25) is 4.79 Å². The average Bonchev–Trinajstić information content (AvgIpc) is 2.60. The Morgan fingerprint density at radius 1 is 1.16 bits per heavy atom. The van der Waals surface area contributed by atoms with Crippen LogP contribution in [0.25, 0.3) is 0 Å². The molecule has 0 fully saturated rings. The number of benzene rings is 1. The van der Waals surface area contributed by atoms with E-state index in [9.17, 15) is 4.79 Å². The van der Waals surface area contributed by atoms with Crippen molar-refractivity contribution in [3.05, 3.63) is 34.9 Å². The van der Waals surface area contributed by atoms with Gasteiger partial charge in [0.05, 0.1) is 14.2 Å². The molecule has 3 nitrogen and oxygen atoms in total. The van der Waals surface area contributed by atoms with Gasteiger partial charge in [0.2, 0.25) is 0 Å². The van der Waals surface area contributed by atoms with E-state index in [1.54, 1.807) is 21.1 Å². The minimum atomic E-state index is -0.00237. The number of carbonyl (C=O) groups excluding carboxylic acids is 1. The number of rotatable bonds is 8. The summed E-state index contributed by atoms with van der Waals surface area (Å²) in [5.41, 5.74) is 3.59. The van der Waals surface area contributed by atoms with Crippen molar-refractivity contribution in [3.8, 4) is 11.5 Å². The molecule has 2 rings (SSSR count). The zero-order chi connectivity index (χ0) is 18.4. The van der Waals surface area contributed by atoms with Crippen LogP contribution in [0.1, 0.15) is 69.9 Å². The Labute approximate surface area is 152 Å². The minimum Gasteiger partial charge on any atom is -0.496 e. The molecular weight excluding hydrogens is 312 g/mol. The molecule has 1 aliphatic rings. The fourth-order valence-electron chi connectivity index (χ4n) is 3.85. The molecule has 0 radical (unpaired) electrons. The zero-order valence-electron chi connectivity index (χ0n) is 16.4. The van der Waals surface area contributed by atoms with Crippen LogP contribution in [0.3, 0.4) is 0 Å². The Morgan fingerprint density at radius 3 is 2.32 bits per heavy atom. The third-order valence-electron chi connectivity index (χ3n) is 5.28. The van der Waals surface area contributed by atoms with Crippen molar-refractivity contribution in [2.75, 3.05) is 14.2 Å². The number of allylic oxidation sites excluding steroid dienone is 2. The van der Waals surface area contributed by atoms with Crippen LogP contribution < -0.4 is 9.47 Å². The van der Waals surface area contributed by atoms with Gasteiger partial charge in [-0.15, -0.1) is 0 Å². The standard InChI is InChI=1S/C22H32O3/c1-6-7-8-9-17-13-20(24-4)22(21(14-17)25-5)19-12-15(2)10-11-18(19)16(3)23/h12-14,18-19H,6-11H2,1-5H3. The molecule has 0 bridgehead atoms. The summed E-state index contributed by atoms with van der Waals surface area (Å²) in [4.78, 5) is 12.2. The Balaban J connectivity index is 2.47. The highest BCUT2D eigenvalue weighted by atomic mass is 16.5. The highest BCUT2D eigenvalue weighted by Crippen LogP contribution is 2.45. The van der Waals surface area contributed by atoms with E-state index in [0.717, 1.165) is 36.3 Å². The van der Waals surface area contributed by atoms with Crippen LogP contribution in [-0.2, 0) is 11.2 Å². The van der Waals surface area contributed by atoms with Crippen LogP contribution in [0.2, 0.25) is 0 Å². The second-order valence-electron chi connectivity index (χ2n) is 7.17. The van der Waals surface area contributed by atoms with Gasteiger partial charge in [-0.25, -0.2) is 0 Å². The normalized spacial score (nSPS) is 20.1. The number of unbranched alkanes of at least 4 members (excludes halogenated alkanes) is 2. The van der Waals surface area contributed by atoms with Crippen molar-refractivity contribution in [1.82, 2.24) is 0 Å². The quantitative estimate of drug-likeness (QED) is 0.464. The van der Waals surface area contributed by atoms with Crippen LogP contribution in [0.5, 0.6) is 11.5 Å². The van der Waals surface area contributed by atoms with Gasteiger partial charge in [-0.05, 0) is 57.2 Å². The fourth-order valence-corrected chi connectivity index (χ4v) is 3.85. The molecule has 3 heteroatoms. The summed E-state index contributed by atoms with van der Waals surface area (Å²) in [7, 11) is 3.41. The van der Waals surface area contributed by atoms with Gasteiger partial charge in [0, 0.05) is 17.4 Å². The minimum absolute atomic E-state index is 0.00237. The van der Waals surface area contributed by atoms with E-state index >= 15 is 0 Å². The highest BCUT2D eigenvalue weighted by Gasteiger charge is 2.33. The summed E-state index contributed by atoms with van der Waals surface area (Å²) in [6.07, 6.45) is 8.74. The van der Waals surface area contributed by atoms with Gasteiger partial charge in [-0.1, -0.05) is 31.4 Å². The summed E-state index contributed by atoms with van der Waals surface area (Å²) in [6.45, 7) is 6.05. The second-order valence-corrected chi connectivity index (χ2v) is 7.17. The summed E-state index contributed by atoms with van der Waals surface area (Å²) >= 11 is 0. The molecule has 1 aliphatic carbocycles. The average molecular weight is 344 g/mol. The topological polar surface area (TPSA) is 35.5 Å². The molecule has 1 aromatic rings. The van der Waals surface area contributed by atoms with Gasteiger partial charge >= 0.3 is 0 Å². The van der Waals surface area contributed by atoms with Gasteiger partial charge in [0.25, 0.3) is 0 Å². The first-order valence-electron chi connectivity index (χ1n) is 9.44. The molecule has 0 saturated heterocycles. The largest absolute Gasteiger partial charge is 0.496 e. The van der Waals surface area contributed by atoms with E-state index in [-0.39, 0.29) is 17.6 Å². The summed E-state index contributed by atoms with van der Waals surface area (Å²) in [6, 6.07) is 4.25. The predicted octanol–water partition coefficient (Wildman–Crippen LogP) is 5.47. The molecule has 0 saturated carbocycles. The first-order valence-corrected chi connectivity index (χ1v) is 9.44. The lowest BCUT2D eigenvalue weighted by atomic mass is 9.74. The first kappa shape index (κ1) is 19.6. The van der Waals surface area contributed by atoms with Crippen molar-refractivity contribution in [1.29, 1.82) is 0 Å². The number of hydrogen-bond acceptors (Lipinski definition) is 3. The van der Waals surface area contributed by atoms with E-state index in [0.29, 0.717) is 0 Å². The monoisotopic (exact) mass is 344 g/mol. The van der Waals surface area contributed by atoms with Gasteiger partial charge in [0.15, 0.2) is 0 Å². The van der Waals surface area contributed by atoms with E-state index in [1.165, 1.54) is 30.4 Å². The van der Waals surface area contributed by atoms with E-state index < -0.39 is 0 Å². The van der Waals surface area contributed by atoms with Crippen LogP contribution in [0, 0.1) is 5.92 Å². The third-order valence-corrected chi connectivity index (χ3v) is 5.28. The molecular formula is C22H32O3. The third kappa shape index (κ3) is 4.65. The van der Waals surface area contributed by atoms with Crippen LogP contribution in [0.4, 0.5) is 0 Å². The zero-order valence-corrected chi connectivity index (χ0v) is 16.4. The number of aryl methyl sites for hydroxylation is 1. The molecule has 0 heterocycles. The van der Waals surface area contributed by atoms with Crippen LogP contribution in [0.15, 0.2) is 23.8 Å². The Morgan fingerprint density at radius 2 is 1.80 bits per heavy atom. The Hall–Kier alpha value is -1.77. The molecule has 2 atom stereocenters. The SMILES string of the molecule is CCCCCc1cc(OC)c(C2C=C(C)CCC2C(C)=O)c(OC)c1.